The molecule has 0 aliphatic rings. The third kappa shape index (κ3) is 7.70. The molecule has 4 aromatic rings. The third-order valence-corrected chi connectivity index (χ3v) is 8.59. The van der Waals surface area contributed by atoms with Gasteiger partial charge >= 0.3 is 0 Å². The van der Waals surface area contributed by atoms with Crippen LogP contribution in [-0.4, -0.2) is 25.7 Å². The molecule has 4 rings (SSSR count). The van der Waals surface area contributed by atoms with Gasteiger partial charge in [-0.2, -0.15) is 9.57 Å². The molecule has 210 valence electrons. The third-order valence-electron chi connectivity index (χ3n) is 5.79. The Bertz CT molecular complexity index is 1750. The molecule has 0 fully saturated rings. The summed E-state index contributed by atoms with van der Waals surface area (Å²) in [4.78, 5) is 12.7. The summed E-state index contributed by atoms with van der Waals surface area (Å²) < 4.78 is 39.4. The minimum Gasteiger partial charge on any atom is -0.497 e. The molecule has 0 atom stereocenters. The number of hydrogen-bond donors (Lipinski definition) is 1. The molecule has 1 amide bonds. The molecule has 0 saturated heterocycles. The Balaban J connectivity index is 1.59. The fourth-order valence-electron chi connectivity index (χ4n) is 3.74. The molecule has 1 N–H and O–H groups in total. The zero-order chi connectivity index (χ0) is 29.6. The highest BCUT2D eigenvalue weighted by Crippen LogP contribution is 2.27. The van der Waals surface area contributed by atoms with E-state index in [1.165, 1.54) is 47.8 Å². The lowest BCUT2D eigenvalue weighted by molar-refractivity contribution is -0.112. The first-order chi connectivity index (χ1) is 19.6. The Morgan fingerprint density at radius 3 is 2.44 bits per heavy atom. The number of nitrogens with one attached hydrogen (secondary N) is 1. The van der Waals surface area contributed by atoms with Crippen LogP contribution in [0, 0.1) is 11.3 Å². The summed E-state index contributed by atoms with van der Waals surface area (Å²) in [7, 11) is -2.51. The van der Waals surface area contributed by atoms with E-state index in [2.05, 4.69) is 5.32 Å². The molecule has 0 saturated carbocycles. The van der Waals surface area contributed by atoms with Gasteiger partial charge in [0.05, 0.1) is 28.6 Å². The molecule has 0 aliphatic carbocycles. The van der Waals surface area contributed by atoms with E-state index < -0.39 is 15.9 Å². The van der Waals surface area contributed by atoms with Crippen LogP contribution >= 0.6 is 34.8 Å². The number of nitriles is 1. The van der Waals surface area contributed by atoms with E-state index in [0.717, 1.165) is 0 Å². The van der Waals surface area contributed by atoms with Gasteiger partial charge in [0.1, 0.15) is 28.9 Å². The van der Waals surface area contributed by atoms with Crippen molar-refractivity contribution in [1.29, 1.82) is 5.26 Å². The van der Waals surface area contributed by atoms with Crippen LogP contribution in [-0.2, 0) is 27.9 Å². The van der Waals surface area contributed by atoms with Crippen molar-refractivity contribution in [3.05, 3.63) is 117 Å². The van der Waals surface area contributed by atoms with Crippen molar-refractivity contribution in [2.24, 2.45) is 0 Å². The Morgan fingerprint density at radius 1 is 1.00 bits per heavy atom. The topological polar surface area (TPSA) is 113 Å². The SMILES string of the molecule is COc1cccc(NC(=O)/C(C#N)=C\c2ccc(CN(Cc3ccc(Cl)c(Cl)c3)S(=O)(=O)c3ccc(Cl)cc3)o2)c1. The first-order valence-corrected chi connectivity index (χ1v) is 14.5. The number of benzene rings is 3. The highest BCUT2D eigenvalue weighted by molar-refractivity contribution is 7.89. The number of ether oxygens (including phenoxy) is 1. The summed E-state index contributed by atoms with van der Waals surface area (Å²) in [6, 6.07) is 22.3. The predicted octanol–water partition coefficient (Wildman–Crippen LogP) is 7.19. The van der Waals surface area contributed by atoms with E-state index in [1.807, 2.05) is 6.07 Å². The van der Waals surface area contributed by atoms with Crippen molar-refractivity contribution in [3.63, 3.8) is 0 Å². The number of carbonyl (C=O) groups excluding carboxylic acids is 1. The van der Waals surface area contributed by atoms with Gasteiger partial charge in [0.25, 0.3) is 5.91 Å². The van der Waals surface area contributed by atoms with Crippen LogP contribution in [0.4, 0.5) is 5.69 Å². The van der Waals surface area contributed by atoms with Crippen molar-refractivity contribution in [3.8, 4) is 11.8 Å². The standard InChI is InChI=1S/C29H22Cl3N3O5S/c1-39-23-4-2-3-22(15-23)34-29(36)20(16-33)14-24-8-9-25(40-24)18-35(17-19-5-12-27(31)28(32)13-19)41(37,38)26-10-6-21(30)7-11-26/h2-15H,17-18H2,1H3,(H,34,36)/b20-14-. The lowest BCUT2D eigenvalue weighted by Gasteiger charge is -2.22. The van der Waals surface area contributed by atoms with Crippen LogP contribution in [0.3, 0.4) is 0 Å². The van der Waals surface area contributed by atoms with E-state index in [1.54, 1.807) is 48.5 Å². The number of carbonyl (C=O) groups is 1. The normalized spacial score (nSPS) is 11.8. The van der Waals surface area contributed by atoms with Crippen LogP contribution < -0.4 is 10.1 Å². The second kappa shape index (κ2) is 13.3. The largest absolute Gasteiger partial charge is 0.497 e. The lowest BCUT2D eigenvalue weighted by atomic mass is 10.2. The molecule has 3 aromatic carbocycles. The van der Waals surface area contributed by atoms with Gasteiger partial charge in [-0.1, -0.05) is 46.9 Å². The number of furan rings is 1. The van der Waals surface area contributed by atoms with Gasteiger partial charge < -0.3 is 14.5 Å². The number of sulfonamides is 1. The maximum absolute atomic E-state index is 13.6. The molecule has 8 nitrogen and oxygen atoms in total. The molecular weight excluding hydrogens is 609 g/mol. The van der Waals surface area contributed by atoms with Crippen LogP contribution in [0.1, 0.15) is 17.1 Å². The molecule has 1 heterocycles. The molecule has 41 heavy (non-hydrogen) atoms. The second-order valence-electron chi connectivity index (χ2n) is 8.64. The molecule has 0 aliphatic heterocycles. The quantitative estimate of drug-likeness (QED) is 0.147. The molecule has 0 spiro atoms. The van der Waals surface area contributed by atoms with Crippen molar-refractivity contribution in [2.45, 2.75) is 18.0 Å². The minimum absolute atomic E-state index is 0.0367. The van der Waals surface area contributed by atoms with Crippen LogP contribution in [0.25, 0.3) is 6.08 Å². The van der Waals surface area contributed by atoms with Gasteiger partial charge in [-0.15, -0.1) is 0 Å². The van der Waals surface area contributed by atoms with Crippen LogP contribution in [0.15, 0.2) is 93.7 Å². The number of hydrogen-bond acceptors (Lipinski definition) is 6. The monoisotopic (exact) mass is 629 g/mol. The Morgan fingerprint density at radius 2 is 1.76 bits per heavy atom. The summed E-state index contributed by atoms with van der Waals surface area (Å²) in [6.07, 6.45) is 1.27. The minimum atomic E-state index is -4.01. The molecular formula is C29H22Cl3N3O5S. The van der Waals surface area contributed by atoms with E-state index in [4.69, 9.17) is 44.0 Å². The summed E-state index contributed by atoms with van der Waals surface area (Å²) in [5, 5.41) is 13.2. The van der Waals surface area contributed by atoms with E-state index >= 15 is 0 Å². The van der Waals surface area contributed by atoms with Gasteiger partial charge in [-0.05, 0) is 66.2 Å². The maximum atomic E-state index is 13.6. The Kier molecular flexibility index (Phi) is 9.76. The summed E-state index contributed by atoms with van der Waals surface area (Å²) >= 11 is 18.1. The average Bonchev–Trinajstić information content (AvgIpc) is 3.40. The zero-order valence-electron chi connectivity index (χ0n) is 21.5. The smallest absolute Gasteiger partial charge is 0.266 e. The Hall–Kier alpha value is -3.78. The van der Waals surface area contributed by atoms with Crippen LogP contribution in [0.2, 0.25) is 15.1 Å². The number of amides is 1. The van der Waals surface area contributed by atoms with Gasteiger partial charge in [0.15, 0.2) is 0 Å². The first-order valence-electron chi connectivity index (χ1n) is 11.9. The van der Waals surface area contributed by atoms with Crippen LogP contribution in [0.5, 0.6) is 5.75 Å². The number of halogens is 3. The predicted molar refractivity (Wildman–Crippen MR) is 158 cm³/mol. The molecule has 1 aromatic heterocycles. The van der Waals surface area contributed by atoms with E-state index in [0.29, 0.717) is 27.0 Å². The number of anilines is 1. The highest BCUT2D eigenvalue weighted by Gasteiger charge is 2.26. The maximum Gasteiger partial charge on any atom is 0.266 e. The highest BCUT2D eigenvalue weighted by atomic mass is 35.5. The molecule has 0 radical (unpaired) electrons. The molecule has 12 heteroatoms. The fourth-order valence-corrected chi connectivity index (χ4v) is 5.59. The number of nitrogens with zero attached hydrogens (tertiary/aromatic N) is 2. The summed E-state index contributed by atoms with van der Waals surface area (Å²) in [6.45, 7) is -0.197. The van der Waals surface area contributed by atoms with Gasteiger partial charge in [-0.25, -0.2) is 8.42 Å². The fraction of sp³-hybridized carbons (Fsp3) is 0.103. The van der Waals surface area contributed by atoms with Gasteiger partial charge in [0.2, 0.25) is 10.0 Å². The van der Waals surface area contributed by atoms with Gasteiger partial charge in [0, 0.05) is 29.4 Å². The average molecular weight is 631 g/mol. The molecule has 0 unspecified atom stereocenters. The van der Waals surface area contributed by atoms with E-state index in [-0.39, 0.29) is 40.1 Å². The zero-order valence-corrected chi connectivity index (χ0v) is 24.6. The number of methoxy groups -OCH3 is 1. The Labute approximate surface area is 252 Å². The number of rotatable bonds is 10. The van der Waals surface area contributed by atoms with E-state index in [9.17, 15) is 18.5 Å². The second-order valence-corrected chi connectivity index (χ2v) is 11.8. The summed E-state index contributed by atoms with van der Waals surface area (Å²) in [5.74, 6) is 0.361. The lowest BCUT2D eigenvalue weighted by Crippen LogP contribution is -2.30. The van der Waals surface area contributed by atoms with Crippen molar-refractivity contribution in [1.82, 2.24) is 4.31 Å². The van der Waals surface area contributed by atoms with Crippen molar-refractivity contribution in [2.75, 3.05) is 12.4 Å². The molecule has 0 bridgehead atoms. The first kappa shape index (κ1) is 30.2. The van der Waals surface area contributed by atoms with Crippen molar-refractivity contribution >= 4 is 62.5 Å². The van der Waals surface area contributed by atoms with Crippen molar-refractivity contribution < 1.29 is 22.4 Å². The van der Waals surface area contributed by atoms with Gasteiger partial charge in [-0.3, -0.25) is 4.79 Å². The summed E-state index contributed by atoms with van der Waals surface area (Å²) in [5.41, 5.74) is 0.834.